The lowest BCUT2D eigenvalue weighted by atomic mass is 10.2. The zero-order chi connectivity index (χ0) is 11.7. The summed E-state index contributed by atoms with van der Waals surface area (Å²) in [7, 11) is 0. The highest BCUT2D eigenvalue weighted by molar-refractivity contribution is 9.10. The minimum Gasteiger partial charge on any atom is -0.353 e. The van der Waals surface area contributed by atoms with Crippen molar-refractivity contribution in [2.24, 2.45) is 0 Å². The summed E-state index contributed by atoms with van der Waals surface area (Å²) < 4.78 is 0.969. The molecule has 0 saturated carbocycles. The number of halogens is 1. The van der Waals surface area contributed by atoms with Crippen LogP contribution in [0.1, 0.15) is 12.5 Å². The Morgan fingerprint density at radius 3 is 3.12 bits per heavy atom. The van der Waals surface area contributed by atoms with Crippen LogP contribution in [-0.4, -0.2) is 30.0 Å². The zero-order valence-corrected chi connectivity index (χ0v) is 10.9. The topological polar surface area (TPSA) is 45.2 Å². The van der Waals surface area contributed by atoms with E-state index in [0.29, 0.717) is 6.54 Å². The van der Waals surface area contributed by atoms with Gasteiger partial charge in [-0.2, -0.15) is 0 Å². The molecule has 4 nitrogen and oxygen atoms in total. The molecule has 1 aromatic rings. The molecule has 0 bridgehead atoms. The van der Waals surface area contributed by atoms with Gasteiger partial charge in [-0.05, 0) is 41.4 Å². The highest BCUT2D eigenvalue weighted by atomic mass is 79.9. The van der Waals surface area contributed by atoms with E-state index in [1.807, 2.05) is 24.8 Å². The number of hydrogen-bond donors (Lipinski definition) is 1. The Bertz CT molecular complexity index is 422. The third-order valence-electron chi connectivity index (χ3n) is 2.83. The first kappa shape index (κ1) is 11.4. The standard InChI is InChI=1S/C11H14BrN3O/c1-7-3-4-13-10(9(7)12)15-6-5-14-11(16)8(15)2/h3-4,8H,5-6H2,1-2H3,(H,14,16). The summed E-state index contributed by atoms with van der Waals surface area (Å²) in [5, 5.41) is 2.84. The second-order valence-corrected chi connectivity index (χ2v) is 4.72. The predicted molar refractivity (Wildman–Crippen MR) is 66.5 cm³/mol. The van der Waals surface area contributed by atoms with Crippen LogP contribution in [0.5, 0.6) is 0 Å². The van der Waals surface area contributed by atoms with Gasteiger partial charge in [-0.1, -0.05) is 0 Å². The van der Waals surface area contributed by atoms with Crippen molar-refractivity contribution in [2.45, 2.75) is 19.9 Å². The van der Waals surface area contributed by atoms with E-state index in [4.69, 9.17) is 0 Å². The number of amides is 1. The van der Waals surface area contributed by atoms with Crippen LogP contribution < -0.4 is 10.2 Å². The van der Waals surface area contributed by atoms with Crippen LogP contribution in [0.2, 0.25) is 0 Å². The molecule has 5 heteroatoms. The summed E-state index contributed by atoms with van der Waals surface area (Å²) in [6.45, 7) is 5.38. The molecular weight excluding hydrogens is 270 g/mol. The summed E-state index contributed by atoms with van der Waals surface area (Å²) in [4.78, 5) is 17.9. The van der Waals surface area contributed by atoms with Crippen molar-refractivity contribution in [3.8, 4) is 0 Å². The summed E-state index contributed by atoms with van der Waals surface area (Å²) in [6.07, 6.45) is 1.77. The minimum absolute atomic E-state index is 0.0569. The molecule has 16 heavy (non-hydrogen) atoms. The summed E-state index contributed by atoms with van der Waals surface area (Å²) in [5.41, 5.74) is 1.13. The number of pyridine rings is 1. The zero-order valence-electron chi connectivity index (χ0n) is 9.33. The van der Waals surface area contributed by atoms with E-state index >= 15 is 0 Å². The Morgan fingerprint density at radius 2 is 2.38 bits per heavy atom. The normalized spacial score (nSPS) is 20.8. The van der Waals surface area contributed by atoms with E-state index in [2.05, 4.69) is 26.2 Å². The van der Waals surface area contributed by atoms with Crippen molar-refractivity contribution in [2.75, 3.05) is 18.0 Å². The summed E-state index contributed by atoms with van der Waals surface area (Å²) in [6, 6.07) is 1.78. The van der Waals surface area contributed by atoms with Gasteiger partial charge in [-0.3, -0.25) is 4.79 Å². The number of nitrogens with one attached hydrogen (secondary N) is 1. The molecule has 1 aliphatic heterocycles. The first-order valence-electron chi connectivity index (χ1n) is 5.26. The van der Waals surface area contributed by atoms with Crippen LogP contribution in [0.25, 0.3) is 0 Å². The van der Waals surface area contributed by atoms with Gasteiger partial charge < -0.3 is 10.2 Å². The van der Waals surface area contributed by atoms with E-state index in [1.165, 1.54) is 0 Å². The van der Waals surface area contributed by atoms with E-state index in [0.717, 1.165) is 22.4 Å². The molecule has 1 saturated heterocycles. The summed E-state index contributed by atoms with van der Waals surface area (Å²) >= 11 is 3.53. The molecule has 0 aromatic carbocycles. The molecule has 2 heterocycles. The molecule has 0 spiro atoms. The molecule has 2 rings (SSSR count). The molecule has 1 unspecified atom stereocenters. The molecule has 1 amide bonds. The van der Waals surface area contributed by atoms with Gasteiger partial charge in [-0.25, -0.2) is 4.98 Å². The van der Waals surface area contributed by atoms with Gasteiger partial charge >= 0.3 is 0 Å². The van der Waals surface area contributed by atoms with Crippen molar-refractivity contribution in [3.63, 3.8) is 0 Å². The largest absolute Gasteiger partial charge is 0.353 e. The van der Waals surface area contributed by atoms with Gasteiger partial charge in [0, 0.05) is 19.3 Å². The summed E-state index contributed by atoms with van der Waals surface area (Å²) in [5.74, 6) is 0.906. The van der Waals surface area contributed by atoms with Crippen molar-refractivity contribution < 1.29 is 4.79 Å². The van der Waals surface area contributed by atoms with Crippen molar-refractivity contribution >= 4 is 27.7 Å². The monoisotopic (exact) mass is 283 g/mol. The molecule has 1 aromatic heterocycles. The number of aromatic nitrogens is 1. The number of rotatable bonds is 1. The lowest BCUT2D eigenvalue weighted by Crippen LogP contribution is -2.54. The van der Waals surface area contributed by atoms with Crippen molar-refractivity contribution in [1.29, 1.82) is 0 Å². The molecule has 0 radical (unpaired) electrons. The average molecular weight is 284 g/mol. The number of nitrogens with zero attached hydrogens (tertiary/aromatic N) is 2. The third kappa shape index (κ3) is 1.91. The SMILES string of the molecule is Cc1ccnc(N2CCNC(=O)C2C)c1Br. The quantitative estimate of drug-likeness (QED) is 0.849. The fraction of sp³-hybridized carbons (Fsp3) is 0.455. The number of carbonyl (C=O) groups is 1. The number of piperazine rings is 1. The van der Waals surface area contributed by atoms with E-state index < -0.39 is 0 Å². The Morgan fingerprint density at radius 1 is 1.62 bits per heavy atom. The maximum Gasteiger partial charge on any atom is 0.242 e. The predicted octanol–water partition coefficient (Wildman–Crippen LogP) is 1.48. The highest BCUT2D eigenvalue weighted by Gasteiger charge is 2.27. The average Bonchev–Trinajstić information content (AvgIpc) is 2.27. The Balaban J connectivity index is 2.36. The van der Waals surface area contributed by atoms with Gasteiger partial charge in [0.25, 0.3) is 0 Å². The van der Waals surface area contributed by atoms with Crippen molar-refractivity contribution in [1.82, 2.24) is 10.3 Å². The number of aryl methyl sites for hydroxylation is 1. The second-order valence-electron chi connectivity index (χ2n) is 3.93. The lowest BCUT2D eigenvalue weighted by molar-refractivity contribution is -0.122. The molecular formula is C11H14BrN3O. The molecule has 1 fully saturated rings. The first-order chi connectivity index (χ1) is 7.61. The second kappa shape index (κ2) is 4.41. The molecule has 1 aliphatic rings. The Labute approximate surface area is 103 Å². The van der Waals surface area contributed by atoms with Gasteiger partial charge in [0.2, 0.25) is 5.91 Å². The van der Waals surface area contributed by atoms with Crippen molar-refractivity contribution in [3.05, 3.63) is 22.3 Å². The van der Waals surface area contributed by atoms with Crippen LogP contribution in [0.15, 0.2) is 16.7 Å². The maximum absolute atomic E-state index is 11.6. The first-order valence-corrected chi connectivity index (χ1v) is 6.06. The van der Waals surface area contributed by atoms with Gasteiger partial charge in [0.15, 0.2) is 0 Å². The van der Waals surface area contributed by atoms with E-state index in [-0.39, 0.29) is 11.9 Å². The fourth-order valence-electron chi connectivity index (χ4n) is 1.80. The van der Waals surface area contributed by atoms with Crippen LogP contribution in [0.4, 0.5) is 5.82 Å². The van der Waals surface area contributed by atoms with Gasteiger partial charge in [0.05, 0.1) is 4.47 Å². The van der Waals surface area contributed by atoms with E-state index in [1.54, 1.807) is 6.20 Å². The van der Waals surface area contributed by atoms with E-state index in [9.17, 15) is 4.79 Å². The molecule has 1 N–H and O–H groups in total. The number of anilines is 1. The number of carbonyl (C=O) groups excluding carboxylic acids is 1. The lowest BCUT2D eigenvalue weighted by Gasteiger charge is -2.34. The third-order valence-corrected chi connectivity index (χ3v) is 3.81. The molecule has 86 valence electrons. The Kier molecular flexibility index (Phi) is 3.14. The minimum atomic E-state index is -0.167. The van der Waals surface area contributed by atoms with Crippen LogP contribution in [-0.2, 0) is 4.79 Å². The fourth-order valence-corrected chi connectivity index (χ4v) is 2.26. The molecule has 1 atom stereocenters. The molecule has 0 aliphatic carbocycles. The van der Waals surface area contributed by atoms with Crippen LogP contribution >= 0.6 is 15.9 Å². The smallest absolute Gasteiger partial charge is 0.242 e. The van der Waals surface area contributed by atoms with Crippen LogP contribution in [0.3, 0.4) is 0 Å². The van der Waals surface area contributed by atoms with Crippen LogP contribution in [0, 0.1) is 6.92 Å². The Hall–Kier alpha value is -1.10. The maximum atomic E-state index is 11.6. The number of hydrogen-bond acceptors (Lipinski definition) is 3. The highest BCUT2D eigenvalue weighted by Crippen LogP contribution is 2.28. The van der Waals surface area contributed by atoms with Gasteiger partial charge in [0.1, 0.15) is 11.9 Å². The van der Waals surface area contributed by atoms with Gasteiger partial charge in [-0.15, -0.1) is 0 Å².